The van der Waals surface area contributed by atoms with Gasteiger partial charge < -0.3 is 9.52 Å². The molecular weight excluding hydrogens is 204 g/mol. The first kappa shape index (κ1) is 11.2. The normalized spacial score (nSPS) is 30.2. The molecule has 1 heterocycles. The van der Waals surface area contributed by atoms with Gasteiger partial charge in [-0.2, -0.15) is 0 Å². The SMILES string of the molecule is CC1CCC(Cc2ccco2)(C(=O)O)CC1. The number of aliphatic carboxylic acids is 1. The maximum Gasteiger partial charge on any atom is 0.310 e. The van der Waals surface area contributed by atoms with Gasteiger partial charge in [0, 0.05) is 6.42 Å². The highest BCUT2D eigenvalue weighted by Crippen LogP contribution is 2.41. The summed E-state index contributed by atoms with van der Waals surface area (Å²) in [5.41, 5.74) is -0.593. The van der Waals surface area contributed by atoms with E-state index in [0.717, 1.165) is 31.4 Å². The molecule has 0 unspecified atom stereocenters. The Hall–Kier alpha value is -1.25. The Morgan fingerprint density at radius 2 is 2.25 bits per heavy atom. The Morgan fingerprint density at radius 3 is 2.75 bits per heavy atom. The van der Waals surface area contributed by atoms with Crippen LogP contribution in [0.25, 0.3) is 0 Å². The molecule has 1 aromatic heterocycles. The summed E-state index contributed by atoms with van der Waals surface area (Å²) >= 11 is 0. The zero-order chi connectivity index (χ0) is 11.6. The maximum absolute atomic E-state index is 11.5. The molecule has 1 aliphatic carbocycles. The Kier molecular flexibility index (Phi) is 3.03. The number of hydrogen-bond donors (Lipinski definition) is 1. The fourth-order valence-electron chi connectivity index (χ4n) is 2.53. The van der Waals surface area contributed by atoms with Gasteiger partial charge in [0.2, 0.25) is 0 Å². The molecule has 0 saturated heterocycles. The van der Waals surface area contributed by atoms with Gasteiger partial charge in [-0.1, -0.05) is 6.92 Å². The number of carboxylic acid groups (broad SMARTS) is 1. The van der Waals surface area contributed by atoms with Gasteiger partial charge in [0.25, 0.3) is 0 Å². The molecule has 1 N–H and O–H groups in total. The summed E-state index contributed by atoms with van der Waals surface area (Å²) in [6.07, 6.45) is 5.69. The average molecular weight is 222 g/mol. The van der Waals surface area contributed by atoms with Crippen molar-refractivity contribution in [2.24, 2.45) is 11.3 Å². The molecule has 0 spiro atoms. The third-order valence-electron chi connectivity index (χ3n) is 3.78. The van der Waals surface area contributed by atoms with Crippen molar-refractivity contribution in [3.05, 3.63) is 24.2 Å². The van der Waals surface area contributed by atoms with Gasteiger partial charge in [0.15, 0.2) is 0 Å². The highest BCUT2D eigenvalue weighted by Gasteiger charge is 2.41. The lowest BCUT2D eigenvalue weighted by atomic mass is 9.68. The molecule has 2 rings (SSSR count). The number of hydrogen-bond acceptors (Lipinski definition) is 2. The summed E-state index contributed by atoms with van der Waals surface area (Å²) in [4.78, 5) is 11.5. The second-order valence-corrected chi connectivity index (χ2v) is 5.02. The van der Waals surface area contributed by atoms with Crippen LogP contribution in [0, 0.1) is 11.3 Å². The predicted molar refractivity (Wildman–Crippen MR) is 60.1 cm³/mol. The first-order valence-electron chi connectivity index (χ1n) is 5.88. The van der Waals surface area contributed by atoms with Gasteiger partial charge in [-0.3, -0.25) is 4.79 Å². The van der Waals surface area contributed by atoms with Crippen LogP contribution in [0.5, 0.6) is 0 Å². The molecule has 0 bridgehead atoms. The van der Waals surface area contributed by atoms with Crippen molar-refractivity contribution in [3.8, 4) is 0 Å². The quantitative estimate of drug-likeness (QED) is 0.854. The van der Waals surface area contributed by atoms with E-state index < -0.39 is 11.4 Å². The fraction of sp³-hybridized carbons (Fsp3) is 0.615. The molecule has 0 atom stereocenters. The maximum atomic E-state index is 11.5. The van der Waals surface area contributed by atoms with Crippen LogP contribution in [0.2, 0.25) is 0 Å². The highest BCUT2D eigenvalue weighted by atomic mass is 16.4. The van der Waals surface area contributed by atoms with Crippen LogP contribution in [0.15, 0.2) is 22.8 Å². The van der Waals surface area contributed by atoms with Crippen molar-refractivity contribution < 1.29 is 14.3 Å². The number of carboxylic acids is 1. The van der Waals surface area contributed by atoms with E-state index in [1.54, 1.807) is 6.26 Å². The number of furan rings is 1. The molecule has 1 fully saturated rings. The van der Waals surface area contributed by atoms with Crippen molar-refractivity contribution in [2.75, 3.05) is 0 Å². The predicted octanol–water partition coefficient (Wildman–Crippen LogP) is 3.10. The summed E-state index contributed by atoms with van der Waals surface area (Å²) in [7, 11) is 0. The Bertz CT molecular complexity index is 345. The van der Waals surface area contributed by atoms with Gasteiger partial charge >= 0.3 is 5.97 Å². The molecule has 0 aromatic carbocycles. The zero-order valence-electron chi connectivity index (χ0n) is 9.61. The smallest absolute Gasteiger partial charge is 0.310 e. The summed E-state index contributed by atoms with van der Waals surface area (Å²) in [5, 5.41) is 9.43. The molecule has 0 aliphatic heterocycles. The second-order valence-electron chi connectivity index (χ2n) is 5.02. The largest absolute Gasteiger partial charge is 0.481 e. The van der Waals surface area contributed by atoms with Crippen molar-refractivity contribution in [2.45, 2.75) is 39.0 Å². The van der Waals surface area contributed by atoms with Crippen LogP contribution < -0.4 is 0 Å². The summed E-state index contributed by atoms with van der Waals surface area (Å²) < 4.78 is 5.27. The van der Waals surface area contributed by atoms with E-state index in [4.69, 9.17) is 4.42 Å². The van der Waals surface area contributed by atoms with Gasteiger partial charge in [-0.25, -0.2) is 0 Å². The zero-order valence-corrected chi connectivity index (χ0v) is 9.61. The Balaban J connectivity index is 2.13. The van der Waals surface area contributed by atoms with Crippen molar-refractivity contribution in [1.82, 2.24) is 0 Å². The van der Waals surface area contributed by atoms with Gasteiger partial charge in [0.05, 0.1) is 11.7 Å². The van der Waals surface area contributed by atoms with Gasteiger partial charge in [-0.05, 0) is 43.7 Å². The van der Waals surface area contributed by atoms with Crippen LogP contribution in [0.1, 0.15) is 38.4 Å². The molecule has 1 aromatic rings. The lowest BCUT2D eigenvalue weighted by molar-refractivity contribution is -0.151. The van der Waals surface area contributed by atoms with E-state index in [1.807, 2.05) is 12.1 Å². The molecular formula is C13H18O3. The highest BCUT2D eigenvalue weighted by molar-refractivity contribution is 5.75. The minimum absolute atomic E-state index is 0.530. The van der Waals surface area contributed by atoms with Crippen LogP contribution in [-0.2, 0) is 11.2 Å². The van der Waals surface area contributed by atoms with E-state index in [1.165, 1.54) is 0 Å². The summed E-state index contributed by atoms with van der Waals surface area (Å²) in [5.74, 6) is 0.775. The van der Waals surface area contributed by atoms with Crippen LogP contribution in [0.4, 0.5) is 0 Å². The fourth-order valence-corrected chi connectivity index (χ4v) is 2.53. The standard InChI is InChI=1S/C13H18O3/c1-10-4-6-13(7-5-10,12(14)15)9-11-3-2-8-16-11/h2-3,8,10H,4-7,9H2,1H3,(H,14,15). The first-order valence-corrected chi connectivity index (χ1v) is 5.88. The van der Waals surface area contributed by atoms with E-state index in [9.17, 15) is 9.90 Å². The topological polar surface area (TPSA) is 50.4 Å². The van der Waals surface area contributed by atoms with Crippen LogP contribution in [0.3, 0.4) is 0 Å². The molecule has 0 radical (unpaired) electrons. The number of carbonyl (C=O) groups is 1. The second kappa shape index (κ2) is 4.32. The lowest BCUT2D eigenvalue weighted by Crippen LogP contribution is -2.37. The summed E-state index contributed by atoms with van der Waals surface area (Å²) in [6.45, 7) is 2.19. The lowest BCUT2D eigenvalue weighted by Gasteiger charge is -2.35. The molecule has 88 valence electrons. The van der Waals surface area contributed by atoms with Crippen molar-refractivity contribution in [3.63, 3.8) is 0 Å². The molecule has 3 nitrogen and oxygen atoms in total. The van der Waals surface area contributed by atoms with Crippen molar-refractivity contribution in [1.29, 1.82) is 0 Å². The molecule has 16 heavy (non-hydrogen) atoms. The van der Waals surface area contributed by atoms with Crippen LogP contribution in [-0.4, -0.2) is 11.1 Å². The van der Waals surface area contributed by atoms with E-state index >= 15 is 0 Å². The van der Waals surface area contributed by atoms with E-state index in [2.05, 4.69) is 6.92 Å². The summed E-state index contributed by atoms with van der Waals surface area (Å²) in [6, 6.07) is 3.68. The monoisotopic (exact) mass is 222 g/mol. The minimum Gasteiger partial charge on any atom is -0.481 e. The third kappa shape index (κ3) is 2.13. The Labute approximate surface area is 95.5 Å². The van der Waals surface area contributed by atoms with Crippen LogP contribution >= 0.6 is 0 Å². The van der Waals surface area contributed by atoms with E-state index in [-0.39, 0.29) is 0 Å². The average Bonchev–Trinajstić information content (AvgIpc) is 2.74. The van der Waals surface area contributed by atoms with Gasteiger partial charge in [0.1, 0.15) is 5.76 Å². The molecule has 0 amide bonds. The molecule has 1 aliphatic rings. The Morgan fingerprint density at radius 1 is 1.56 bits per heavy atom. The van der Waals surface area contributed by atoms with Crippen molar-refractivity contribution >= 4 is 5.97 Å². The first-order chi connectivity index (χ1) is 7.62. The van der Waals surface area contributed by atoms with Gasteiger partial charge in [-0.15, -0.1) is 0 Å². The number of rotatable bonds is 3. The van der Waals surface area contributed by atoms with E-state index in [0.29, 0.717) is 12.3 Å². The molecule has 3 heteroatoms. The third-order valence-corrected chi connectivity index (χ3v) is 3.78. The molecule has 1 saturated carbocycles. The minimum atomic E-state index is -0.671.